The summed E-state index contributed by atoms with van der Waals surface area (Å²) >= 11 is 3.92. The Labute approximate surface area is 329 Å². The van der Waals surface area contributed by atoms with Gasteiger partial charge in [-0.3, -0.25) is 0 Å². The van der Waals surface area contributed by atoms with Crippen molar-refractivity contribution in [2.75, 3.05) is 23.0 Å². The lowest BCUT2D eigenvalue weighted by Crippen LogP contribution is -2.25. The highest BCUT2D eigenvalue weighted by atomic mass is 32.2. The number of anilines is 2. The number of thiophene rings is 1. The maximum atomic E-state index is 2.56. The second kappa shape index (κ2) is 16.1. The van der Waals surface area contributed by atoms with E-state index < -0.39 is 0 Å². The number of rotatable bonds is 7. The van der Waals surface area contributed by atoms with Gasteiger partial charge >= 0.3 is 0 Å². The third-order valence-corrected chi connectivity index (χ3v) is 13.2. The van der Waals surface area contributed by atoms with Gasteiger partial charge in [-0.2, -0.15) is 11.8 Å². The first-order chi connectivity index (χ1) is 26.2. The van der Waals surface area contributed by atoms with Crippen molar-refractivity contribution in [2.45, 2.75) is 26.7 Å². The summed E-state index contributed by atoms with van der Waals surface area (Å²) in [6.45, 7) is 0.898. The summed E-state index contributed by atoms with van der Waals surface area (Å²) in [6.07, 6.45) is 26.6. The first-order valence-corrected chi connectivity index (χ1v) is 20.8. The van der Waals surface area contributed by atoms with Crippen LogP contribution < -0.4 is 4.90 Å². The lowest BCUT2D eigenvalue weighted by Gasteiger charge is -2.32. The van der Waals surface area contributed by atoms with Gasteiger partial charge in [-0.05, 0) is 101 Å². The molecule has 2 unspecified atom stereocenters. The summed E-state index contributed by atoms with van der Waals surface area (Å²) in [6, 6.07) is 45.0. The molecular formula is C51H47NS2. The molecule has 0 saturated heterocycles. The van der Waals surface area contributed by atoms with E-state index >= 15 is 0 Å². The number of nitrogens with zero attached hydrogens (tertiary/aromatic N) is 1. The molecule has 3 aliphatic rings. The molecular weight excluding hydrogens is 691 g/mol. The minimum atomic E-state index is 0. The molecule has 0 saturated carbocycles. The van der Waals surface area contributed by atoms with Crippen LogP contribution in [0.25, 0.3) is 42.4 Å². The largest absolute Gasteiger partial charge is 0.341 e. The molecule has 1 aliphatic heterocycles. The quantitative estimate of drug-likeness (QED) is 0.160. The molecule has 6 aromatic rings. The standard InChI is InChI=1S/C50H43NS2.CH4/c1-2-9-31-52-36-50(29-8-1)30-11-16-43(34-50)40-21-26-45(27-22-40)51(35-37-12-10-15-41(32-37)38-13-4-3-5-14-38)44-24-19-39(20-25-44)42-23-28-49-47(33-42)46-17-6-7-18-48(46)53-49;/h1-11,13-28,32-34,37H,12,29-31,35-36H2;1H4/b8-1-,9-2-;. The predicted molar refractivity (Wildman–Crippen MR) is 241 cm³/mol. The summed E-state index contributed by atoms with van der Waals surface area (Å²) in [5.74, 6) is 2.60. The lowest BCUT2D eigenvalue weighted by molar-refractivity contribution is 0.449. The van der Waals surface area contributed by atoms with Gasteiger partial charge in [0, 0.05) is 55.0 Å². The summed E-state index contributed by atoms with van der Waals surface area (Å²) in [7, 11) is 0. The molecule has 1 aromatic heterocycles. The number of thioether (sulfide) groups is 1. The maximum absolute atomic E-state index is 2.56. The fraction of sp³-hybridized carbons (Fsp3) is 0.176. The molecule has 2 atom stereocenters. The number of allylic oxidation sites excluding steroid dienone is 10. The highest BCUT2D eigenvalue weighted by Crippen LogP contribution is 2.42. The van der Waals surface area contributed by atoms with E-state index in [-0.39, 0.29) is 12.8 Å². The molecule has 0 fully saturated rings. The van der Waals surface area contributed by atoms with Crippen LogP contribution in [0.15, 0.2) is 182 Å². The topological polar surface area (TPSA) is 3.24 Å². The van der Waals surface area contributed by atoms with Gasteiger partial charge < -0.3 is 4.90 Å². The Morgan fingerprint density at radius 1 is 0.593 bits per heavy atom. The van der Waals surface area contributed by atoms with Crippen molar-refractivity contribution in [2.24, 2.45) is 11.3 Å². The van der Waals surface area contributed by atoms with Crippen LogP contribution in [0, 0.1) is 11.3 Å². The van der Waals surface area contributed by atoms with Gasteiger partial charge in [0.2, 0.25) is 0 Å². The van der Waals surface area contributed by atoms with Gasteiger partial charge in [0.1, 0.15) is 0 Å². The molecule has 3 heteroatoms. The van der Waals surface area contributed by atoms with Crippen molar-refractivity contribution in [3.63, 3.8) is 0 Å². The van der Waals surface area contributed by atoms with Crippen molar-refractivity contribution in [1.29, 1.82) is 0 Å². The van der Waals surface area contributed by atoms with Crippen LogP contribution >= 0.6 is 23.1 Å². The normalized spacial score (nSPS) is 20.7. The predicted octanol–water partition coefficient (Wildman–Crippen LogP) is 14.7. The average molecular weight is 738 g/mol. The van der Waals surface area contributed by atoms with Crippen LogP contribution in [-0.2, 0) is 0 Å². The van der Waals surface area contributed by atoms with E-state index in [9.17, 15) is 0 Å². The summed E-state index contributed by atoms with van der Waals surface area (Å²) in [4.78, 5) is 2.52. The van der Waals surface area contributed by atoms with E-state index in [2.05, 4.69) is 187 Å². The molecule has 0 N–H and O–H groups in total. The van der Waals surface area contributed by atoms with E-state index in [1.165, 1.54) is 64.9 Å². The highest BCUT2D eigenvalue weighted by Gasteiger charge is 2.28. The summed E-state index contributed by atoms with van der Waals surface area (Å²) in [5.41, 5.74) is 10.3. The van der Waals surface area contributed by atoms with Crippen LogP contribution in [-0.4, -0.2) is 18.1 Å². The number of hydrogen-bond donors (Lipinski definition) is 0. The molecule has 2 aliphatic carbocycles. The zero-order chi connectivity index (χ0) is 35.5. The number of fused-ring (bicyclic) bond motifs is 3. The fourth-order valence-electron chi connectivity index (χ4n) is 8.05. The van der Waals surface area contributed by atoms with Gasteiger partial charge in [-0.15, -0.1) is 11.3 Å². The van der Waals surface area contributed by atoms with Crippen LogP contribution in [0.2, 0.25) is 0 Å². The van der Waals surface area contributed by atoms with Crippen molar-refractivity contribution < 1.29 is 0 Å². The van der Waals surface area contributed by atoms with Crippen LogP contribution in [0.4, 0.5) is 11.4 Å². The maximum Gasteiger partial charge on any atom is 0.0411 e. The molecule has 0 bridgehead atoms. The Hall–Kier alpha value is -5.09. The molecule has 268 valence electrons. The van der Waals surface area contributed by atoms with Gasteiger partial charge in [0.15, 0.2) is 0 Å². The van der Waals surface area contributed by atoms with Crippen molar-refractivity contribution >= 4 is 65.8 Å². The first-order valence-electron chi connectivity index (χ1n) is 18.8. The van der Waals surface area contributed by atoms with E-state index in [0.29, 0.717) is 5.92 Å². The Morgan fingerprint density at radius 2 is 1.26 bits per heavy atom. The lowest BCUT2D eigenvalue weighted by atomic mass is 9.77. The first kappa shape index (κ1) is 35.9. The van der Waals surface area contributed by atoms with E-state index in [4.69, 9.17) is 0 Å². The zero-order valence-corrected chi connectivity index (χ0v) is 31.5. The monoisotopic (exact) mass is 737 g/mol. The fourth-order valence-corrected chi connectivity index (χ4v) is 10.2. The Balaban J connectivity index is 0.00000413. The van der Waals surface area contributed by atoms with Crippen LogP contribution in [0.3, 0.4) is 0 Å². The average Bonchev–Trinajstić information content (AvgIpc) is 3.64. The summed E-state index contributed by atoms with van der Waals surface area (Å²) < 4.78 is 2.69. The number of benzene rings is 5. The van der Waals surface area contributed by atoms with E-state index in [0.717, 1.165) is 37.3 Å². The van der Waals surface area contributed by atoms with Crippen molar-refractivity contribution in [1.82, 2.24) is 0 Å². The zero-order valence-electron chi connectivity index (χ0n) is 29.9. The SMILES string of the molecule is C.C1=CC(c2ccccc2)=CC(CN(c2ccc(C3=CC4(CC=C3)C/C=C\C=C/CSC4)cc2)c2ccc(-c3ccc4sc5ccccc5c4c3)cc2)C1. The number of hydrogen-bond acceptors (Lipinski definition) is 3. The molecule has 0 radical (unpaired) electrons. The van der Waals surface area contributed by atoms with Gasteiger partial charge in [0.25, 0.3) is 0 Å². The Morgan fingerprint density at radius 3 is 2.09 bits per heavy atom. The second-order valence-electron chi connectivity index (χ2n) is 14.5. The highest BCUT2D eigenvalue weighted by molar-refractivity contribution is 7.99. The smallest absolute Gasteiger partial charge is 0.0411 e. The second-order valence-corrected chi connectivity index (χ2v) is 16.7. The molecule has 9 rings (SSSR count). The van der Waals surface area contributed by atoms with Crippen molar-refractivity contribution in [3.05, 3.63) is 193 Å². The van der Waals surface area contributed by atoms with E-state index in [1.807, 2.05) is 23.1 Å². The van der Waals surface area contributed by atoms with E-state index in [1.54, 1.807) is 0 Å². The minimum absolute atomic E-state index is 0. The molecule has 1 spiro atoms. The molecule has 5 aromatic carbocycles. The van der Waals surface area contributed by atoms with Crippen LogP contribution in [0.5, 0.6) is 0 Å². The Kier molecular flexibility index (Phi) is 10.7. The van der Waals surface area contributed by atoms with Gasteiger partial charge in [0.05, 0.1) is 0 Å². The molecule has 0 amide bonds. The minimum Gasteiger partial charge on any atom is -0.341 e. The van der Waals surface area contributed by atoms with Gasteiger partial charge in [-0.25, -0.2) is 0 Å². The Bertz CT molecular complexity index is 2420. The van der Waals surface area contributed by atoms with Crippen molar-refractivity contribution in [3.8, 4) is 11.1 Å². The molecule has 1 nitrogen and oxygen atoms in total. The molecule has 54 heavy (non-hydrogen) atoms. The molecule has 2 heterocycles. The van der Waals surface area contributed by atoms with Gasteiger partial charge in [-0.1, -0.05) is 147 Å². The third kappa shape index (κ3) is 7.62. The third-order valence-electron chi connectivity index (χ3n) is 10.9. The van der Waals surface area contributed by atoms with Crippen LogP contribution in [0.1, 0.15) is 37.8 Å². The summed E-state index contributed by atoms with van der Waals surface area (Å²) in [5, 5.41) is 2.68.